The summed E-state index contributed by atoms with van der Waals surface area (Å²) in [6.45, 7) is 3.76. The third-order valence-corrected chi connectivity index (χ3v) is 4.47. The van der Waals surface area contributed by atoms with Crippen molar-refractivity contribution in [3.63, 3.8) is 0 Å². The molecule has 1 atom stereocenters. The molecule has 1 saturated heterocycles. The van der Waals surface area contributed by atoms with Gasteiger partial charge in [0.2, 0.25) is 0 Å². The highest BCUT2D eigenvalue weighted by molar-refractivity contribution is 5.75. The van der Waals surface area contributed by atoms with Gasteiger partial charge in [0.1, 0.15) is 18.1 Å². The predicted octanol–water partition coefficient (Wildman–Crippen LogP) is 3.22. The Morgan fingerprint density at radius 3 is 3.04 bits per heavy atom. The van der Waals surface area contributed by atoms with E-state index in [1.165, 1.54) is 0 Å². The Morgan fingerprint density at radius 2 is 2.28 bits per heavy atom. The number of hydrogen-bond donors (Lipinski definition) is 1. The molecule has 0 aliphatic carbocycles. The van der Waals surface area contributed by atoms with E-state index in [4.69, 9.17) is 9.15 Å². The summed E-state index contributed by atoms with van der Waals surface area (Å²) in [6, 6.07) is 7.87. The van der Waals surface area contributed by atoms with Crippen molar-refractivity contribution in [2.75, 3.05) is 20.2 Å². The largest absolute Gasteiger partial charge is 0.461 e. The number of amides is 2. The number of ether oxygens (including phenoxy) is 1. The Balaban J connectivity index is 1.54. The second-order valence-electron chi connectivity index (χ2n) is 6.38. The molecule has 2 aromatic heterocycles. The maximum absolute atomic E-state index is 12.5. The first kappa shape index (κ1) is 17.5. The van der Waals surface area contributed by atoms with Crippen LogP contribution in [-0.2, 0) is 17.8 Å². The molecule has 0 aromatic carbocycles. The van der Waals surface area contributed by atoms with Gasteiger partial charge >= 0.3 is 6.03 Å². The van der Waals surface area contributed by atoms with Crippen LogP contribution < -0.4 is 5.32 Å². The van der Waals surface area contributed by atoms with Crippen molar-refractivity contribution in [1.29, 1.82) is 0 Å². The maximum atomic E-state index is 12.5. The first-order valence-electron chi connectivity index (χ1n) is 8.71. The smallest absolute Gasteiger partial charge is 0.318 e. The summed E-state index contributed by atoms with van der Waals surface area (Å²) < 4.78 is 10.9. The molecule has 1 N–H and O–H groups in total. The fourth-order valence-corrected chi connectivity index (χ4v) is 3.16. The van der Waals surface area contributed by atoms with Gasteiger partial charge in [0.05, 0.1) is 6.04 Å². The lowest BCUT2D eigenvalue weighted by Gasteiger charge is -2.23. The van der Waals surface area contributed by atoms with Crippen molar-refractivity contribution >= 4 is 6.03 Å². The van der Waals surface area contributed by atoms with Crippen LogP contribution in [0.1, 0.15) is 41.7 Å². The fraction of sp³-hybridized carbons (Fsp3) is 0.474. The molecule has 2 amide bonds. The molecule has 6 nitrogen and oxygen atoms in total. The number of nitrogens with zero attached hydrogens (tertiary/aromatic N) is 2. The van der Waals surface area contributed by atoms with Crippen molar-refractivity contribution in [1.82, 2.24) is 15.2 Å². The molecule has 134 valence electrons. The van der Waals surface area contributed by atoms with Crippen LogP contribution in [0.5, 0.6) is 0 Å². The van der Waals surface area contributed by atoms with E-state index >= 15 is 0 Å². The van der Waals surface area contributed by atoms with Crippen LogP contribution in [0.3, 0.4) is 0 Å². The highest BCUT2D eigenvalue weighted by Crippen LogP contribution is 2.33. The summed E-state index contributed by atoms with van der Waals surface area (Å²) in [5.41, 5.74) is 2.12. The summed E-state index contributed by atoms with van der Waals surface area (Å²) >= 11 is 0. The summed E-state index contributed by atoms with van der Waals surface area (Å²) in [4.78, 5) is 18.7. The monoisotopic (exact) mass is 343 g/mol. The second-order valence-corrected chi connectivity index (χ2v) is 6.38. The van der Waals surface area contributed by atoms with E-state index in [-0.39, 0.29) is 12.1 Å². The van der Waals surface area contributed by atoms with E-state index in [0.717, 1.165) is 48.6 Å². The summed E-state index contributed by atoms with van der Waals surface area (Å²) in [7, 11) is 1.64. The number of urea groups is 1. The van der Waals surface area contributed by atoms with Gasteiger partial charge in [-0.25, -0.2) is 4.79 Å². The normalized spacial score (nSPS) is 17.0. The number of hydrogen-bond acceptors (Lipinski definition) is 4. The van der Waals surface area contributed by atoms with Crippen LogP contribution in [-0.4, -0.2) is 36.1 Å². The molecule has 0 unspecified atom stereocenters. The number of carbonyl (C=O) groups is 1. The third kappa shape index (κ3) is 4.39. The summed E-state index contributed by atoms with van der Waals surface area (Å²) in [5, 5.41) is 3.01. The van der Waals surface area contributed by atoms with Gasteiger partial charge in [-0.05, 0) is 49.9 Å². The molecule has 0 radical (unpaired) electrons. The van der Waals surface area contributed by atoms with Gasteiger partial charge in [0.25, 0.3) is 0 Å². The number of likely N-dealkylation sites (tertiary alicyclic amines) is 1. The number of pyridine rings is 1. The van der Waals surface area contributed by atoms with E-state index in [2.05, 4.69) is 10.3 Å². The molecular weight excluding hydrogens is 318 g/mol. The Bertz CT molecular complexity index is 696. The Kier molecular flexibility index (Phi) is 5.71. The predicted molar refractivity (Wildman–Crippen MR) is 94.2 cm³/mol. The van der Waals surface area contributed by atoms with E-state index in [0.29, 0.717) is 13.2 Å². The number of rotatable bonds is 6. The van der Waals surface area contributed by atoms with Gasteiger partial charge in [0.15, 0.2) is 0 Å². The molecule has 6 heteroatoms. The topological polar surface area (TPSA) is 67.6 Å². The molecule has 1 aliphatic heterocycles. The lowest BCUT2D eigenvalue weighted by Crippen LogP contribution is -2.40. The van der Waals surface area contributed by atoms with E-state index in [1.54, 1.807) is 7.11 Å². The number of methoxy groups -OCH3 is 1. The highest BCUT2D eigenvalue weighted by Gasteiger charge is 2.32. The molecule has 1 fully saturated rings. The lowest BCUT2D eigenvalue weighted by atomic mass is 10.2. The van der Waals surface area contributed by atoms with E-state index in [1.807, 2.05) is 42.3 Å². The zero-order valence-corrected chi connectivity index (χ0v) is 14.8. The second kappa shape index (κ2) is 8.16. The first-order valence-corrected chi connectivity index (χ1v) is 8.71. The third-order valence-electron chi connectivity index (χ3n) is 4.47. The van der Waals surface area contributed by atoms with Crippen LogP contribution in [0, 0.1) is 6.92 Å². The molecule has 0 saturated carbocycles. The van der Waals surface area contributed by atoms with Crippen molar-refractivity contribution in [3.05, 3.63) is 53.2 Å². The SMILES string of the molecule is COCc1ccc([C@H]2CCCN2C(=O)NCCc2ccc(C)nc2)o1. The minimum atomic E-state index is -0.0349. The number of furan rings is 1. The summed E-state index contributed by atoms with van der Waals surface area (Å²) in [5.74, 6) is 1.62. The maximum Gasteiger partial charge on any atom is 0.318 e. The minimum absolute atomic E-state index is 0.00616. The van der Waals surface area contributed by atoms with Gasteiger partial charge in [-0.1, -0.05) is 6.07 Å². The van der Waals surface area contributed by atoms with Crippen molar-refractivity contribution in [2.24, 2.45) is 0 Å². The molecule has 25 heavy (non-hydrogen) atoms. The average Bonchev–Trinajstić information content (AvgIpc) is 3.26. The van der Waals surface area contributed by atoms with Gasteiger partial charge < -0.3 is 19.4 Å². The van der Waals surface area contributed by atoms with Crippen LogP contribution in [0.4, 0.5) is 4.79 Å². The zero-order chi connectivity index (χ0) is 17.6. The number of carbonyl (C=O) groups excluding carboxylic acids is 1. The number of aromatic nitrogens is 1. The van der Waals surface area contributed by atoms with Crippen molar-refractivity contribution in [2.45, 2.75) is 38.8 Å². The van der Waals surface area contributed by atoms with Gasteiger partial charge in [0, 0.05) is 32.1 Å². The zero-order valence-electron chi connectivity index (χ0n) is 14.8. The molecule has 3 heterocycles. The van der Waals surface area contributed by atoms with Crippen LogP contribution in [0.15, 0.2) is 34.9 Å². The van der Waals surface area contributed by atoms with E-state index in [9.17, 15) is 4.79 Å². The van der Waals surface area contributed by atoms with Gasteiger partial charge in [-0.3, -0.25) is 4.98 Å². The number of nitrogens with one attached hydrogen (secondary N) is 1. The van der Waals surface area contributed by atoms with Crippen LogP contribution >= 0.6 is 0 Å². The minimum Gasteiger partial charge on any atom is -0.461 e. The van der Waals surface area contributed by atoms with Gasteiger partial charge in [-0.2, -0.15) is 0 Å². The first-order chi connectivity index (χ1) is 12.2. The van der Waals surface area contributed by atoms with E-state index < -0.39 is 0 Å². The quantitative estimate of drug-likeness (QED) is 0.874. The molecule has 3 rings (SSSR count). The van der Waals surface area contributed by atoms with Crippen molar-refractivity contribution in [3.8, 4) is 0 Å². The van der Waals surface area contributed by atoms with Crippen LogP contribution in [0.25, 0.3) is 0 Å². The molecule has 0 spiro atoms. The average molecular weight is 343 g/mol. The number of aryl methyl sites for hydroxylation is 1. The molecule has 2 aromatic rings. The Morgan fingerprint density at radius 1 is 1.40 bits per heavy atom. The molecule has 0 bridgehead atoms. The Labute approximate surface area is 148 Å². The lowest BCUT2D eigenvalue weighted by molar-refractivity contribution is 0.156. The summed E-state index contributed by atoms with van der Waals surface area (Å²) in [6.07, 6.45) is 4.55. The highest BCUT2D eigenvalue weighted by atomic mass is 16.5. The Hall–Kier alpha value is -2.34. The standard InChI is InChI=1S/C19H25N3O3/c1-14-5-6-15(12-21-14)9-10-20-19(23)22-11-3-4-17(22)18-8-7-16(25-18)13-24-2/h5-8,12,17H,3-4,9-11,13H2,1-2H3,(H,20,23)/t17-/m1/s1. The van der Waals surface area contributed by atoms with Crippen LogP contribution in [0.2, 0.25) is 0 Å². The molecule has 1 aliphatic rings. The van der Waals surface area contributed by atoms with Crippen molar-refractivity contribution < 1.29 is 13.9 Å². The molecular formula is C19H25N3O3. The van der Waals surface area contributed by atoms with Gasteiger partial charge in [-0.15, -0.1) is 0 Å². The fourth-order valence-electron chi connectivity index (χ4n) is 3.16.